The lowest BCUT2D eigenvalue weighted by molar-refractivity contribution is 0.336. The van der Waals surface area contributed by atoms with E-state index in [0.717, 1.165) is 24.3 Å². The van der Waals surface area contributed by atoms with Gasteiger partial charge in [-0.1, -0.05) is 20.8 Å². The summed E-state index contributed by atoms with van der Waals surface area (Å²) in [6.07, 6.45) is 5.13. The zero-order valence-electron chi connectivity index (χ0n) is 10.6. The Hall–Kier alpha value is -1.49. The van der Waals surface area contributed by atoms with E-state index < -0.39 is 0 Å². The molecular formula is C12H19N5. The van der Waals surface area contributed by atoms with Crippen molar-refractivity contribution in [1.82, 2.24) is 19.6 Å². The fraction of sp³-hybridized carbons (Fsp3) is 0.583. The molecule has 2 rings (SSSR count). The summed E-state index contributed by atoms with van der Waals surface area (Å²) < 4.78 is 1.89. The fourth-order valence-corrected chi connectivity index (χ4v) is 2.02. The molecule has 1 unspecified atom stereocenters. The predicted molar refractivity (Wildman–Crippen MR) is 66.5 cm³/mol. The minimum Gasteiger partial charge on any atom is -0.327 e. The summed E-state index contributed by atoms with van der Waals surface area (Å²) in [7, 11) is 0. The molecule has 2 heterocycles. The van der Waals surface area contributed by atoms with Crippen LogP contribution in [0.5, 0.6) is 0 Å². The molecule has 2 aromatic rings. The first-order chi connectivity index (χ1) is 7.96. The van der Waals surface area contributed by atoms with Crippen LogP contribution in [0, 0.1) is 5.41 Å². The molecule has 92 valence electrons. The summed E-state index contributed by atoms with van der Waals surface area (Å²) in [6.45, 7) is 6.57. The zero-order valence-corrected chi connectivity index (χ0v) is 10.6. The van der Waals surface area contributed by atoms with Crippen molar-refractivity contribution in [1.29, 1.82) is 0 Å². The lowest BCUT2D eigenvalue weighted by Gasteiger charge is -2.22. The molecule has 0 bridgehead atoms. The van der Waals surface area contributed by atoms with Crippen molar-refractivity contribution in [3.05, 3.63) is 24.4 Å². The van der Waals surface area contributed by atoms with E-state index in [9.17, 15) is 0 Å². The molecule has 0 radical (unpaired) electrons. The molecule has 0 aliphatic rings. The van der Waals surface area contributed by atoms with E-state index in [2.05, 4.69) is 36.0 Å². The highest BCUT2D eigenvalue weighted by molar-refractivity contribution is 5.35. The molecule has 0 spiro atoms. The van der Waals surface area contributed by atoms with Crippen LogP contribution in [0.2, 0.25) is 0 Å². The first kappa shape index (κ1) is 12.0. The standard InChI is InChI=1S/C12H19N5/c1-12(2,3)7-9(13)6-11-16-15-10-4-5-14-8-17(10)11/h4-5,8-9H,6-7,13H2,1-3H3. The van der Waals surface area contributed by atoms with Gasteiger partial charge in [-0.3, -0.25) is 4.40 Å². The van der Waals surface area contributed by atoms with Gasteiger partial charge in [0.2, 0.25) is 0 Å². The normalized spacial score (nSPS) is 14.1. The van der Waals surface area contributed by atoms with Gasteiger partial charge in [0.05, 0.1) is 0 Å². The maximum Gasteiger partial charge on any atom is 0.163 e. The molecule has 0 saturated carbocycles. The molecule has 2 aromatic heterocycles. The molecule has 0 aromatic carbocycles. The Labute approximate surface area is 101 Å². The Morgan fingerprint density at radius 2 is 2.12 bits per heavy atom. The van der Waals surface area contributed by atoms with Crippen LogP contribution in [0.1, 0.15) is 33.0 Å². The van der Waals surface area contributed by atoms with Crippen molar-refractivity contribution in [2.75, 3.05) is 0 Å². The zero-order chi connectivity index (χ0) is 12.5. The summed E-state index contributed by atoms with van der Waals surface area (Å²) in [4.78, 5) is 4.07. The van der Waals surface area contributed by atoms with Crippen molar-refractivity contribution in [3.63, 3.8) is 0 Å². The summed E-state index contributed by atoms with van der Waals surface area (Å²) >= 11 is 0. The lowest BCUT2D eigenvalue weighted by atomic mass is 9.87. The fourth-order valence-electron chi connectivity index (χ4n) is 2.02. The van der Waals surface area contributed by atoms with Gasteiger partial charge in [-0.2, -0.15) is 0 Å². The second-order valence-electron chi connectivity index (χ2n) is 5.65. The second kappa shape index (κ2) is 4.41. The highest BCUT2D eigenvalue weighted by atomic mass is 15.3. The van der Waals surface area contributed by atoms with Crippen LogP contribution in [-0.4, -0.2) is 25.6 Å². The van der Waals surface area contributed by atoms with Gasteiger partial charge in [0.1, 0.15) is 12.2 Å². The van der Waals surface area contributed by atoms with Gasteiger partial charge in [0, 0.05) is 24.7 Å². The van der Waals surface area contributed by atoms with E-state index in [0.29, 0.717) is 0 Å². The minimum atomic E-state index is 0.0996. The lowest BCUT2D eigenvalue weighted by Crippen LogP contribution is -2.29. The summed E-state index contributed by atoms with van der Waals surface area (Å²) in [5, 5.41) is 8.24. The van der Waals surface area contributed by atoms with Crippen LogP contribution in [0.3, 0.4) is 0 Å². The largest absolute Gasteiger partial charge is 0.327 e. The number of hydrogen-bond donors (Lipinski definition) is 1. The van der Waals surface area contributed by atoms with Crippen LogP contribution < -0.4 is 5.73 Å². The van der Waals surface area contributed by atoms with Crippen molar-refractivity contribution >= 4 is 5.65 Å². The molecule has 5 nitrogen and oxygen atoms in total. The Kier molecular flexibility index (Phi) is 3.11. The van der Waals surface area contributed by atoms with E-state index in [1.165, 1.54) is 0 Å². The number of hydrogen-bond acceptors (Lipinski definition) is 4. The third kappa shape index (κ3) is 3.00. The number of fused-ring (bicyclic) bond motifs is 1. The van der Waals surface area contributed by atoms with Gasteiger partial charge < -0.3 is 5.73 Å². The summed E-state index contributed by atoms with van der Waals surface area (Å²) in [5.41, 5.74) is 7.19. The van der Waals surface area contributed by atoms with Gasteiger partial charge >= 0.3 is 0 Å². The average Bonchev–Trinajstić information content (AvgIpc) is 2.59. The van der Waals surface area contributed by atoms with Gasteiger partial charge in [-0.05, 0) is 11.8 Å². The van der Waals surface area contributed by atoms with Crippen LogP contribution in [0.15, 0.2) is 18.6 Å². The Balaban J connectivity index is 2.13. The molecule has 0 aliphatic carbocycles. The number of rotatable bonds is 3. The maximum absolute atomic E-state index is 6.14. The van der Waals surface area contributed by atoms with Crippen molar-refractivity contribution in [3.8, 4) is 0 Å². The molecule has 0 saturated heterocycles. The van der Waals surface area contributed by atoms with Crippen molar-refractivity contribution in [2.45, 2.75) is 39.7 Å². The highest BCUT2D eigenvalue weighted by Gasteiger charge is 2.18. The van der Waals surface area contributed by atoms with E-state index >= 15 is 0 Å². The second-order valence-corrected chi connectivity index (χ2v) is 5.65. The van der Waals surface area contributed by atoms with E-state index in [1.807, 2.05) is 10.5 Å². The summed E-state index contributed by atoms with van der Waals surface area (Å²) in [6, 6.07) is 1.94. The maximum atomic E-state index is 6.14. The molecular weight excluding hydrogens is 214 g/mol. The Morgan fingerprint density at radius 1 is 1.35 bits per heavy atom. The van der Waals surface area contributed by atoms with Crippen LogP contribution in [0.25, 0.3) is 5.65 Å². The van der Waals surface area contributed by atoms with Crippen molar-refractivity contribution in [2.24, 2.45) is 11.1 Å². The highest BCUT2D eigenvalue weighted by Crippen LogP contribution is 2.21. The number of nitrogens with zero attached hydrogens (tertiary/aromatic N) is 4. The van der Waals surface area contributed by atoms with Gasteiger partial charge in [0.25, 0.3) is 0 Å². The van der Waals surface area contributed by atoms with E-state index in [1.54, 1.807) is 12.5 Å². The van der Waals surface area contributed by atoms with Gasteiger partial charge in [-0.25, -0.2) is 4.98 Å². The minimum absolute atomic E-state index is 0.0996. The van der Waals surface area contributed by atoms with Crippen LogP contribution >= 0.6 is 0 Å². The van der Waals surface area contributed by atoms with Crippen LogP contribution in [0.4, 0.5) is 0 Å². The average molecular weight is 233 g/mol. The summed E-state index contributed by atoms with van der Waals surface area (Å²) in [5.74, 6) is 0.879. The molecule has 2 N–H and O–H groups in total. The predicted octanol–water partition coefficient (Wildman–Crippen LogP) is 1.43. The SMILES string of the molecule is CC(C)(C)CC(N)Cc1nnc2ccncn12. The topological polar surface area (TPSA) is 69.1 Å². The molecule has 5 heteroatoms. The first-order valence-corrected chi connectivity index (χ1v) is 5.85. The quantitative estimate of drug-likeness (QED) is 0.870. The smallest absolute Gasteiger partial charge is 0.163 e. The molecule has 0 fully saturated rings. The first-order valence-electron chi connectivity index (χ1n) is 5.85. The Morgan fingerprint density at radius 3 is 2.82 bits per heavy atom. The number of aromatic nitrogens is 4. The Bertz CT molecular complexity index is 497. The number of nitrogens with two attached hydrogens (primary N) is 1. The van der Waals surface area contributed by atoms with Crippen LogP contribution in [-0.2, 0) is 6.42 Å². The van der Waals surface area contributed by atoms with Gasteiger partial charge in [0.15, 0.2) is 5.65 Å². The molecule has 0 amide bonds. The third-order valence-corrected chi connectivity index (χ3v) is 2.60. The monoisotopic (exact) mass is 233 g/mol. The van der Waals surface area contributed by atoms with Gasteiger partial charge in [-0.15, -0.1) is 10.2 Å². The molecule has 1 atom stereocenters. The third-order valence-electron chi connectivity index (χ3n) is 2.60. The van der Waals surface area contributed by atoms with Crippen molar-refractivity contribution < 1.29 is 0 Å². The van der Waals surface area contributed by atoms with E-state index in [4.69, 9.17) is 5.73 Å². The van der Waals surface area contributed by atoms with E-state index in [-0.39, 0.29) is 11.5 Å². The molecule has 17 heavy (non-hydrogen) atoms. The molecule has 0 aliphatic heterocycles.